The lowest BCUT2D eigenvalue weighted by atomic mass is 9.77. The van der Waals surface area contributed by atoms with Gasteiger partial charge < -0.3 is 5.73 Å². The number of aromatic nitrogens is 2. The SMILES string of the molecule is Cn1cc(C(CN)N2CCC[C@H]3CCCC[C@H]32)cn1. The molecule has 1 saturated heterocycles. The Labute approximate surface area is 116 Å². The van der Waals surface area contributed by atoms with Crippen LogP contribution in [0.2, 0.25) is 0 Å². The maximum absolute atomic E-state index is 6.09. The molecule has 2 fully saturated rings. The van der Waals surface area contributed by atoms with Gasteiger partial charge in [0.25, 0.3) is 0 Å². The molecule has 0 spiro atoms. The fourth-order valence-electron chi connectivity index (χ4n) is 4.13. The quantitative estimate of drug-likeness (QED) is 0.907. The highest BCUT2D eigenvalue weighted by atomic mass is 15.3. The summed E-state index contributed by atoms with van der Waals surface area (Å²) in [6.45, 7) is 1.91. The number of aryl methyl sites for hydroxylation is 1. The molecule has 2 heterocycles. The Morgan fingerprint density at radius 3 is 2.84 bits per heavy atom. The van der Waals surface area contributed by atoms with E-state index in [0.29, 0.717) is 12.6 Å². The minimum atomic E-state index is 0.361. The lowest BCUT2D eigenvalue weighted by molar-refractivity contribution is 0.0276. The summed E-state index contributed by atoms with van der Waals surface area (Å²) >= 11 is 0. The zero-order valence-electron chi connectivity index (χ0n) is 12.0. The standard InChI is InChI=1S/C15H26N4/c1-18-11-13(10-17-18)15(9-16)19-8-4-6-12-5-2-3-7-14(12)19/h10-12,14-15H,2-9,16H2,1H3/t12-,14-,15?/m1/s1. The van der Waals surface area contributed by atoms with Gasteiger partial charge in [-0.15, -0.1) is 0 Å². The first-order valence-electron chi connectivity index (χ1n) is 7.74. The Morgan fingerprint density at radius 1 is 1.32 bits per heavy atom. The fourth-order valence-corrected chi connectivity index (χ4v) is 4.13. The third-order valence-electron chi connectivity index (χ3n) is 5.02. The summed E-state index contributed by atoms with van der Waals surface area (Å²) in [5, 5.41) is 4.32. The summed E-state index contributed by atoms with van der Waals surface area (Å²) in [6.07, 6.45) is 12.5. The van der Waals surface area contributed by atoms with E-state index in [1.54, 1.807) is 0 Å². The second-order valence-electron chi connectivity index (χ2n) is 6.19. The van der Waals surface area contributed by atoms with Crippen LogP contribution < -0.4 is 5.73 Å². The molecule has 0 radical (unpaired) electrons. The summed E-state index contributed by atoms with van der Waals surface area (Å²) in [5.74, 6) is 0.910. The highest BCUT2D eigenvalue weighted by molar-refractivity contribution is 5.12. The van der Waals surface area contributed by atoms with Gasteiger partial charge in [-0.1, -0.05) is 12.8 Å². The molecule has 0 aromatic carbocycles. The average Bonchev–Trinajstić information content (AvgIpc) is 2.86. The van der Waals surface area contributed by atoms with E-state index in [4.69, 9.17) is 5.73 Å². The van der Waals surface area contributed by atoms with Crippen molar-refractivity contribution in [2.24, 2.45) is 18.7 Å². The zero-order chi connectivity index (χ0) is 13.2. The van der Waals surface area contributed by atoms with E-state index in [0.717, 1.165) is 12.0 Å². The molecule has 1 saturated carbocycles. The van der Waals surface area contributed by atoms with E-state index in [2.05, 4.69) is 16.2 Å². The summed E-state index contributed by atoms with van der Waals surface area (Å²) in [4.78, 5) is 2.68. The van der Waals surface area contributed by atoms with Gasteiger partial charge >= 0.3 is 0 Å². The number of rotatable bonds is 3. The summed E-state index contributed by atoms with van der Waals surface area (Å²) in [5.41, 5.74) is 7.38. The van der Waals surface area contributed by atoms with Gasteiger partial charge in [-0.25, -0.2) is 0 Å². The molecule has 3 atom stereocenters. The monoisotopic (exact) mass is 262 g/mol. The number of nitrogens with zero attached hydrogens (tertiary/aromatic N) is 3. The Balaban J connectivity index is 1.81. The van der Waals surface area contributed by atoms with Gasteiger partial charge in [-0.3, -0.25) is 9.58 Å². The lowest BCUT2D eigenvalue weighted by Gasteiger charge is -2.47. The number of hydrogen-bond acceptors (Lipinski definition) is 3. The Morgan fingerprint density at radius 2 is 2.11 bits per heavy atom. The van der Waals surface area contributed by atoms with Crippen molar-refractivity contribution in [1.29, 1.82) is 0 Å². The van der Waals surface area contributed by atoms with E-state index in [-0.39, 0.29) is 0 Å². The van der Waals surface area contributed by atoms with Crippen LogP contribution in [0.3, 0.4) is 0 Å². The maximum atomic E-state index is 6.09. The van der Waals surface area contributed by atoms with E-state index < -0.39 is 0 Å². The zero-order valence-corrected chi connectivity index (χ0v) is 12.0. The second-order valence-corrected chi connectivity index (χ2v) is 6.19. The largest absolute Gasteiger partial charge is 0.329 e. The normalized spacial score (nSPS) is 30.0. The van der Waals surface area contributed by atoms with Crippen molar-refractivity contribution in [2.45, 2.75) is 50.6 Å². The molecule has 1 aliphatic carbocycles. The Kier molecular flexibility index (Phi) is 3.89. The van der Waals surface area contributed by atoms with E-state index in [1.165, 1.54) is 50.6 Å². The molecule has 1 aromatic rings. The van der Waals surface area contributed by atoms with Gasteiger partial charge in [0.15, 0.2) is 0 Å². The van der Waals surface area contributed by atoms with Crippen LogP contribution in [0.4, 0.5) is 0 Å². The molecule has 4 nitrogen and oxygen atoms in total. The molecule has 3 rings (SSSR count). The van der Waals surface area contributed by atoms with Crippen LogP contribution in [0.1, 0.15) is 50.1 Å². The van der Waals surface area contributed by atoms with Crippen molar-refractivity contribution in [3.63, 3.8) is 0 Å². The molecule has 19 heavy (non-hydrogen) atoms. The van der Waals surface area contributed by atoms with Gasteiger partial charge in [0, 0.05) is 31.4 Å². The summed E-state index contributed by atoms with van der Waals surface area (Å²) in [6, 6.07) is 1.12. The van der Waals surface area contributed by atoms with Crippen LogP contribution >= 0.6 is 0 Å². The van der Waals surface area contributed by atoms with Crippen molar-refractivity contribution in [2.75, 3.05) is 13.1 Å². The third kappa shape index (κ3) is 2.56. The number of likely N-dealkylation sites (tertiary alicyclic amines) is 1. The smallest absolute Gasteiger partial charge is 0.0538 e. The molecular weight excluding hydrogens is 236 g/mol. The molecule has 106 valence electrons. The Bertz CT molecular complexity index is 412. The molecule has 0 amide bonds. The van der Waals surface area contributed by atoms with Gasteiger partial charge in [0.1, 0.15) is 0 Å². The van der Waals surface area contributed by atoms with Crippen LogP contribution in [-0.4, -0.2) is 33.8 Å². The van der Waals surface area contributed by atoms with Crippen molar-refractivity contribution in [3.05, 3.63) is 18.0 Å². The third-order valence-corrected chi connectivity index (χ3v) is 5.02. The van der Waals surface area contributed by atoms with E-state index in [1.807, 2.05) is 17.9 Å². The molecule has 1 unspecified atom stereocenters. The molecule has 1 aliphatic heterocycles. The predicted octanol–water partition coefficient (Wildman–Crippen LogP) is 2.07. The van der Waals surface area contributed by atoms with Gasteiger partial charge in [-0.2, -0.15) is 5.10 Å². The first-order valence-corrected chi connectivity index (χ1v) is 7.74. The minimum Gasteiger partial charge on any atom is -0.329 e. The second kappa shape index (κ2) is 5.63. The van der Waals surface area contributed by atoms with E-state index in [9.17, 15) is 0 Å². The van der Waals surface area contributed by atoms with Crippen LogP contribution in [0, 0.1) is 5.92 Å². The molecule has 2 aliphatic rings. The first-order chi connectivity index (χ1) is 9.29. The minimum absolute atomic E-state index is 0.361. The molecule has 0 bridgehead atoms. The Hall–Kier alpha value is -0.870. The predicted molar refractivity (Wildman–Crippen MR) is 76.7 cm³/mol. The topological polar surface area (TPSA) is 47.1 Å². The van der Waals surface area contributed by atoms with Crippen LogP contribution in [0.5, 0.6) is 0 Å². The lowest BCUT2D eigenvalue weighted by Crippen LogP contribution is -2.49. The summed E-state index contributed by atoms with van der Waals surface area (Å²) in [7, 11) is 1.98. The van der Waals surface area contributed by atoms with E-state index >= 15 is 0 Å². The first kappa shape index (κ1) is 13.1. The number of piperidine rings is 1. The van der Waals surface area contributed by atoms with Crippen molar-refractivity contribution in [3.8, 4) is 0 Å². The van der Waals surface area contributed by atoms with Crippen LogP contribution in [0.15, 0.2) is 12.4 Å². The number of fused-ring (bicyclic) bond motifs is 1. The van der Waals surface area contributed by atoms with Gasteiger partial charge in [0.05, 0.1) is 12.2 Å². The molecule has 1 aromatic heterocycles. The maximum Gasteiger partial charge on any atom is 0.0538 e. The van der Waals surface area contributed by atoms with Gasteiger partial charge in [-0.05, 0) is 38.1 Å². The van der Waals surface area contributed by atoms with Crippen LogP contribution in [-0.2, 0) is 7.05 Å². The number of hydrogen-bond donors (Lipinski definition) is 1. The summed E-state index contributed by atoms with van der Waals surface area (Å²) < 4.78 is 1.89. The average molecular weight is 262 g/mol. The van der Waals surface area contributed by atoms with Crippen LogP contribution in [0.25, 0.3) is 0 Å². The number of nitrogens with two attached hydrogens (primary N) is 1. The molecule has 4 heteroatoms. The highest BCUT2D eigenvalue weighted by Crippen LogP contribution is 2.39. The molecule has 2 N–H and O–H groups in total. The highest BCUT2D eigenvalue weighted by Gasteiger charge is 2.36. The van der Waals surface area contributed by atoms with Gasteiger partial charge in [0.2, 0.25) is 0 Å². The fraction of sp³-hybridized carbons (Fsp3) is 0.800. The van der Waals surface area contributed by atoms with Crippen molar-refractivity contribution in [1.82, 2.24) is 14.7 Å². The molecular formula is C15H26N4. The van der Waals surface area contributed by atoms with Crippen molar-refractivity contribution < 1.29 is 0 Å². The van der Waals surface area contributed by atoms with Crippen molar-refractivity contribution >= 4 is 0 Å².